The van der Waals surface area contributed by atoms with Crippen LogP contribution < -0.4 is 4.74 Å². The molecule has 0 aliphatic heterocycles. The summed E-state index contributed by atoms with van der Waals surface area (Å²) in [6.45, 7) is 0. The molecule has 10 heteroatoms. The van der Waals surface area contributed by atoms with Crippen LogP contribution in [0.25, 0.3) is 0 Å². The molecule has 2 N–H and O–H groups in total. The van der Waals surface area contributed by atoms with E-state index in [1.807, 2.05) is 0 Å². The molecule has 0 fully saturated rings. The molecule has 1 rings (SSSR count). The topological polar surface area (TPSA) is 66.8 Å². The lowest BCUT2D eigenvalue weighted by Crippen LogP contribution is -2.23. The van der Waals surface area contributed by atoms with Gasteiger partial charge in [-0.2, -0.15) is 26.3 Å². The van der Waals surface area contributed by atoms with Gasteiger partial charge in [-0.25, -0.2) is 4.79 Å². The fourth-order valence-electron chi connectivity index (χ4n) is 1.72. The largest absolute Gasteiger partial charge is 0.496 e. The molecule has 0 saturated carbocycles. The average molecular weight is 318 g/mol. The predicted molar refractivity (Wildman–Crippen MR) is 55.6 cm³/mol. The summed E-state index contributed by atoms with van der Waals surface area (Å²) in [6, 6.07) is 0.624. The zero-order valence-electron chi connectivity index (χ0n) is 10.2. The van der Waals surface area contributed by atoms with Gasteiger partial charge in [0.2, 0.25) is 0 Å². The summed E-state index contributed by atoms with van der Waals surface area (Å²) in [5.74, 6) is -3.27. The monoisotopic (exact) mass is 318 g/mol. The Balaban J connectivity index is 3.84. The maximum absolute atomic E-state index is 12.9. The van der Waals surface area contributed by atoms with Crippen LogP contribution in [0.1, 0.15) is 22.8 Å². The Kier molecular flexibility index (Phi) is 4.42. The molecule has 4 nitrogen and oxygen atoms in total. The van der Waals surface area contributed by atoms with Crippen molar-refractivity contribution >= 4 is 5.97 Å². The van der Waals surface area contributed by atoms with Gasteiger partial charge < -0.3 is 14.9 Å². The first-order valence-corrected chi connectivity index (χ1v) is 5.17. The molecule has 0 radical (unpaired) electrons. The fourth-order valence-corrected chi connectivity index (χ4v) is 1.72. The van der Waals surface area contributed by atoms with Gasteiger partial charge in [0.15, 0.2) is 6.10 Å². The number of aliphatic hydroxyl groups is 1. The van der Waals surface area contributed by atoms with Gasteiger partial charge >= 0.3 is 18.3 Å². The Morgan fingerprint density at radius 2 is 1.67 bits per heavy atom. The van der Waals surface area contributed by atoms with Crippen molar-refractivity contribution in [1.82, 2.24) is 0 Å². The summed E-state index contributed by atoms with van der Waals surface area (Å²) in [6.07, 6.45) is -13.6. The second-order valence-electron chi connectivity index (χ2n) is 3.84. The molecule has 1 aromatic rings. The van der Waals surface area contributed by atoms with Gasteiger partial charge in [-0.3, -0.25) is 0 Å². The number of aliphatic carboxylic acids is 1. The third kappa shape index (κ3) is 3.38. The minimum absolute atomic E-state index is 0.218. The van der Waals surface area contributed by atoms with Crippen molar-refractivity contribution < 1.29 is 46.1 Å². The summed E-state index contributed by atoms with van der Waals surface area (Å²) in [7, 11) is 0.773. The summed E-state index contributed by atoms with van der Waals surface area (Å²) < 4.78 is 81.4. The third-order valence-corrected chi connectivity index (χ3v) is 2.52. The molecule has 1 aromatic carbocycles. The minimum Gasteiger partial charge on any atom is -0.496 e. The van der Waals surface area contributed by atoms with E-state index in [1.54, 1.807) is 0 Å². The quantitative estimate of drug-likeness (QED) is 0.841. The van der Waals surface area contributed by atoms with Gasteiger partial charge in [0.1, 0.15) is 11.3 Å². The zero-order chi connectivity index (χ0) is 16.6. The van der Waals surface area contributed by atoms with Crippen molar-refractivity contribution in [2.24, 2.45) is 0 Å². The number of rotatable bonds is 3. The van der Waals surface area contributed by atoms with E-state index in [9.17, 15) is 36.2 Å². The Morgan fingerprint density at radius 1 is 1.14 bits per heavy atom. The number of hydrogen-bond acceptors (Lipinski definition) is 3. The number of alkyl halides is 6. The third-order valence-electron chi connectivity index (χ3n) is 2.52. The maximum atomic E-state index is 12.9. The molecule has 1 atom stereocenters. The molecule has 0 aromatic heterocycles. The van der Waals surface area contributed by atoms with Crippen LogP contribution in [0.15, 0.2) is 12.1 Å². The highest BCUT2D eigenvalue weighted by Crippen LogP contribution is 2.46. The molecule has 1 unspecified atom stereocenters. The van der Waals surface area contributed by atoms with E-state index < -0.39 is 46.9 Å². The molecule has 0 aliphatic carbocycles. The van der Waals surface area contributed by atoms with Crippen LogP contribution in [0.3, 0.4) is 0 Å². The maximum Gasteiger partial charge on any atom is 0.420 e. The van der Waals surface area contributed by atoms with Gasteiger partial charge in [0, 0.05) is 5.56 Å². The lowest BCUT2D eigenvalue weighted by Gasteiger charge is -2.22. The van der Waals surface area contributed by atoms with E-state index in [0.29, 0.717) is 6.07 Å². The normalized spacial score (nSPS) is 13.9. The van der Waals surface area contributed by atoms with E-state index >= 15 is 0 Å². The number of halogens is 6. The summed E-state index contributed by atoms with van der Waals surface area (Å²) in [5, 5.41) is 17.8. The number of benzene rings is 1. The van der Waals surface area contributed by atoms with Crippen LogP contribution in [0, 0.1) is 0 Å². The number of hydrogen-bond donors (Lipinski definition) is 2. The van der Waals surface area contributed by atoms with Crippen molar-refractivity contribution in [3.8, 4) is 5.75 Å². The number of carboxylic acid groups (broad SMARTS) is 1. The van der Waals surface area contributed by atoms with Crippen molar-refractivity contribution in [2.45, 2.75) is 18.5 Å². The van der Waals surface area contributed by atoms with Crippen LogP contribution in [0.5, 0.6) is 5.75 Å². The van der Waals surface area contributed by atoms with Crippen LogP contribution in [-0.4, -0.2) is 23.3 Å². The van der Waals surface area contributed by atoms with Crippen LogP contribution in [-0.2, 0) is 17.1 Å². The van der Waals surface area contributed by atoms with Crippen LogP contribution in [0.2, 0.25) is 0 Å². The highest BCUT2D eigenvalue weighted by molar-refractivity contribution is 5.76. The summed E-state index contributed by atoms with van der Waals surface area (Å²) in [5.41, 5.74) is -5.68. The van der Waals surface area contributed by atoms with Crippen molar-refractivity contribution in [3.05, 3.63) is 28.8 Å². The highest BCUT2D eigenvalue weighted by Gasteiger charge is 2.46. The molecular formula is C11H8F6O4. The zero-order valence-corrected chi connectivity index (χ0v) is 10.2. The van der Waals surface area contributed by atoms with Gasteiger partial charge in [-0.05, 0) is 12.1 Å². The number of methoxy groups -OCH3 is 1. The van der Waals surface area contributed by atoms with Crippen LogP contribution in [0.4, 0.5) is 26.3 Å². The second-order valence-corrected chi connectivity index (χ2v) is 3.84. The van der Waals surface area contributed by atoms with E-state index in [1.165, 1.54) is 0 Å². The first-order valence-electron chi connectivity index (χ1n) is 5.17. The number of aliphatic hydroxyl groups excluding tert-OH is 1. The standard InChI is InChI=1S/C11H8F6O4/c1-21-5-3-2-4(10(12,13)14)6(8(18)9(19)20)7(5)11(15,16)17/h2-3,8,18H,1H3,(H,19,20). The van der Waals surface area contributed by atoms with Gasteiger partial charge in [-0.15, -0.1) is 0 Å². The molecule has 0 bridgehead atoms. The van der Waals surface area contributed by atoms with E-state index in [2.05, 4.69) is 4.74 Å². The first kappa shape index (κ1) is 17.1. The Morgan fingerprint density at radius 3 is 2.00 bits per heavy atom. The van der Waals surface area contributed by atoms with E-state index in [0.717, 1.165) is 7.11 Å². The lowest BCUT2D eigenvalue weighted by molar-refractivity contribution is -0.153. The summed E-state index contributed by atoms with van der Waals surface area (Å²) in [4.78, 5) is 10.6. The van der Waals surface area contributed by atoms with E-state index in [4.69, 9.17) is 5.11 Å². The number of ether oxygens (including phenoxy) is 1. The minimum atomic E-state index is -5.35. The highest BCUT2D eigenvalue weighted by atomic mass is 19.4. The Labute approximate surface area is 113 Å². The first-order chi connectivity index (χ1) is 9.41. The molecule has 0 heterocycles. The Hall–Kier alpha value is -1.97. The number of carboxylic acids is 1. The van der Waals surface area contributed by atoms with Crippen molar-refractivity contribution in [2.75, 3.05) is 7.11 Å². The van der Waals surface area contributed by atoms with E-state index in [-0.39, 0.29) is 6.07 Å². The molecule has 0 amide bonds. The molecule has 21 heavy (non-hydrogen) atoms. The molecule has 118 valence electrons. The second kappa shape index (κ2) is 5.43. The SMILES string of the molecule is COc1ccc(C(F)(F)F)c(C(O)C(=O)O)c1C(F)(F)F. The predicted octanol–water partition coefficient (Wildman–Crippen LogP) is 2.85. The van der Waals surface area contributed by atoms with Gasteiger partial charge in [0.25, 0.3) is 0 Å². The van der Waals surface area contributed by atoms with Crippen molar-refractivity contribution in [3.63, 3.8) is 0 Å². The van der Waals surface area contributed by atoms with Gasteiger partial charge in [-0.1, -0.05) is 0 Å². The number of carbonyl (C=O) groups is 1. The van der Waals surface area contributed by atoms with Crippen LogP contribution >= 0.6 is 0 Å². The smallest absolute Gasteiger partial charge is 0.420 e. The lowest BCUT2D eigenvalue weighted by atomic mass is 9.94. The Bertz CT molecular complexity index is 549. The van der Waals surface area contributed by atoms with Crippen molar-refractivity contribution in [1.29, 1.82) is 0 Å². The molecule has 0 saturated heterocycles. The average Bonchev–Trinajstić information content (AvgIpc) is 2.33. The summed E-state index contributed by atoms with van der Waals surface area (Å²) >= 11 is 0. The molecule has 0 spiro atoms. The molecular weight excluding hydrogens is 310 g/mol. The van der Waals surface area contributed by atoms with Gasteiger partial charge in [0.05, 0.1) is 12.7 Å². The molecule has 0 aliphatic rings. The fraction of sp³-hybridized carbons (Fsp3) is 0.364.